The molecule has 0 spiro atoms. The minimum Gasteiger partial charge on any atom is -0.466 e. The number of carbonyl (C=O) groups excluding carboxylic acids is 1. The van der Waals surface area contributed by atoms with Crippen LogP contribution in [0.3, 0.4) is 0 Å². The zero-order valence-electron chi connectivity index (χ0n) is 14.0. The summed E-state index contributed by atoms with van der Waals surface area (Å²) in [6.45, 7) is 2.63. The Morgan fingerprint density at radius 1 is 1.12 bits per heavy atom. The Morgan fingerprint density at radius 2 is 1.79 bits per heavy atom. The molecule has 0 aliphatic rings. The van der Waals surface area contributed by atoms with E-state index < -0.39 is 0 Å². The number of ether oxygens (including phenoxy) is 1. The van der Waals surface area contributed by atoms with Crippen LogP contribution in [0.25, 0.3) is 22.5 Å². The summed E-state index contributed by atoms with van der Waals surface area (Å²) >= 11 is 0. The van der Waals surface area contributed by atoms with Gasteiger partial charge in [-0.2, -0.15) is 15.3 Å². The number of aryl methyl sites for hydroxylation is 3. The lowest BCUT2D eigenvalue weighted by Gasteiger charge is -2.05. The molecule has 8 heteroatoms. The van der Waals surface area contributed by atoms with E-state index in [0.717, 1.165) is 22.5 Å². The van der Waals surface area contributed by atoms with Crippen molar-refractivity contribution in [1.29, 1.82) is 0 Å². The standard InChI is InChI=1S/C16H20N6O2/c1-4-24-16(23)5-6-22-15(13-9-18-21(3)11-13)7-14(19-22)12-8-17-20(2)10-12/h7-11H,4-6H2,1-3H3. The quantitative estimate of drug-likeness (QED) is 0.643. The molecule has 126 valence electrons. The van der Waals surface area contributed by atoms with Crippen LogP contribution in [0, 0.1) is 0 Å². The first kappa shape index (κ1) is 16.0. The number of nitrogens with zero attached hydrogens (tertiary/aromatic N) is 6. The lowest BCUT2D eigenvalue weighted by Crippen LogP contribution is -2.10. The Labute approximate surface area is 139 Å². The van der Waals surface area contributed by atoms with Crippen LogP contribution < -0.4 is 0 Å². The number of esters is 1. The largest absolute Gasteiger partial charge is 0.466 e. The smallest absolute Gasteiger partial charge is 0.307 e. The highest BCUT2D eigenvalue weighted by atomic mass is 16.5. The van der Waals surface area contributed by atoms with Crippen LogP contribution in [0.2, 0.25) is 0 Å². The van der Waals surface area contributed by atoms with Crippen molar-refractivity contribution in [2.75, 3.05) is 6.61 Å². The van der Waals surface area contributed by atoms with E-state index in [0.29, 0.717) is 13.2 Å². The average molecular weight is 328 g/mol. The molecule has 3 rings (SSSR count). The molecule has 0 N–H and O–H groups in total. The second-order valence-corrected chi connectivity index (χ2v) is 5.50. The van der Waals surface area contributed by atoms with Gasteiger partial charge in [0.2, 0.25) is 0 Å². The maximum absolute atomic E-state index is 11.7. The summed E-state index contributed by atoms with van der Waals surface area (Å²) in [5.41, 5.74) is 3.60. The third-order valence-electron chi connectivity index (χ3n) is 3.61. The number of rotatable bonds is 6. The van der Waals surface area contributed by atoms with Gasteiger partial charge < -0.3 is 4.74 Å². The van der Waals surface area contributed by atoms with E-state index in [4.69, 9.17) is 4.74 Å². The number of hydrogen-bond donors (Lipinski definition) is 0. The van der Waals surface area contributed by atoms with E-state index >= 15 is 0 Å². The first-order valence-electron chi connectivity index (χ1n) is 7.78. The van der Waals surface area contributed by atoms with Crippen LogP contribution in [0.1, 0.15) is 13.3 Å². The van der Waals surface area contributed by atoms with Crippen molar-refractivity contribution in [3.63, 3.8) is 0 Å². The topological polar surface area (TPSA) is 79.8 Å². The van der Waals surface area contributed by atoms with Gasteiger partial charge in [-0.15, -0.1) is 0 Å². The summed E-state index contributed by atoms with van der Waals surface area (Å²) in [4.78, 5) is 11.7. The zero-order chi connectivity index (χ0) is 17.1. The minimum atomic E-state index is -0.229. The van der Waals surface area contributed by atoms with E-state index in [-0.39, 0.29) is 12.4 Å². The van der Waals surface area contributed by atoms with Gasteiger partial charge in [0.15, 0.2) is 0 Å². The molecule has 0 aliphatic heterocycles. The summed E-state index contributed by atoms with van der Waals surface area (Å²) in [6, 6.07) is 1.99. The van der Waals surface area contributed by atoms with Crippen LogP contribution in [0.4, 0.5) is 0 Å². The molecule has 0 unspecified atom stereocenters. The highest BCUT2D eigenvalue weighted by molar-refractivity contribution is 5.70. The predicted molar refractivity (Wildman–Crippen MR) is 87.9 cm³/mol. The van der Waals surface area contributed by atoms with Gasteiger partial charge in [-0.25, -0.2) is 0 Å². The maximum atomic E-state index is 11.7. The predicted octanol–water partition coefficient (Wildman–Crippen LogP) is 1.64. The van der Waals surface area contributed by atoms with Gasteiger partial charge in [0, 0.05) is 37.6 Å². The normalized spacial score (nSPS) is 11.0. The van der Waals surface area contributed by atoms with Gasteiger partial charge in [0.1, 0.15) is 0 Å². The van der Waals surface area contributed by atoms with Crippen LogP contribution in [0.5, 0.6) is 0 Å². The van der Waals surface area contributed by atoms with Gasteiger partial charge >= 0.3 is 5.97 Å². The molecule has 0 aromatic carbocycles. The van der Waals surface area contributed by atoms with E-state index in [9.17, 15) is 4.79 Å². The molecule has 0 radical (unpaired) electrons. The fourth-order valence-electron chi connectivity index (χ4n) is 2.50. The highest BCUT2D eigenvalue weighted by Gasteiger charge is 2.15. The van der Waals surface area contributed by atoms with E-state index in [2.05, 4.69) is 15.3 Å². The number of hydrogen-bond acceptors (Lipinski definition) is 5. The molecule has 0 amide bonds. The lowest BCUT2D eigenvalue weighted by molar-refractivity contribution is -0.143. The van der Waals surface area contributed by atoms with Gasteiger partial charge in [0.05, 0.1) is 43.4 Å². The van der Waals surface area contributed by atoms with E-state index in [1.54, 1.807) is 28.7 Å². The molecule has 3 aromatic rings. The fraction of sp³-hybridized carbons (Fsp3) is 0.375. The molecule has 0 bridgehead atoms. The zero-order valence-corrected chi connectivity index (χ0v) is 14.0. The summed E-state index contributed by atoms with van der Waals surface area (Å²) in [6.07, 6.45) is 7.65. The molecule has 24 heavy (non-hydrogen) atoms. The van der Waals surface area contributed by atoms with Crippen molar-refractivity contribution in [2.24, 2.45) is 14.1 Å². The molecule has 0 aliphatic carbocycles. The van der Waals surface area contributed by atoms with Gasteiger partial charge in [-0.1, -0.05) is 0 Å². The van der Waals surface area contributed by atoms with Gasteiger partial charge in [-0.05, 0) is 13.0 Å². The summed E-state index contributed by atoms with van der Waals surface area (Å²) in [5.74, 6) is -0.229. The third-order valence-corrected chi connectivity index (χ3v) is 3.61. The summed E-state index contributed by atoms with van der Waals surface area (Å²) in [5, 5.41) is 13.0. The second-order valence-electron chi connectivity index (χ2n) is 5.50. The van der Waals surface area contributed by atoms with Crippen LogP contribution in [0.15, 0.2) is 30.9 Å². The minimum absolute atomic E-state index is 0.229. The maximum Gasteiger partial charge on any atom is 0.307 e. The van der Waals surface area contributed by atoms with E-state index in [1.165, 1.54) is 0 Å². The molecule has 8 nitrogen and oxygen atoms in total. The SMILES string of the molecule is CCOC(=O)CCn1nc(-c2cnn(C)c2)cc1-c1cnn(C)c1. The van der Waals surface area contributed by atoms with Crippen LogP contribution in [-0.4, -0.2) is 41.9 Å². The molecule has 0 fully saturated rings. The van der Waals surface area contributed by atoms with Crippen molar-refractivity contribution >= 4 is 5.97 Å². The fourth-order valence-corrected chi connectivity index (χ4v) is 2.50. The molecule has 3 heterocycles. The van der Waals surface area contributed by atoms with Crippen molar-refractivity contribution in [3.8, 4) is 22.5 Å². The Kier molecular flexibility index (Phi) is 4.45. The molecule has 0 saturated heterocycles. The monoisotopic (exact) mass is 328 g/mol. The second kappa shape index (κ2) is 6.69. The van der Waals surface area contributed by atoms with Crippen LogP contribution in [-0.2, 0) is 30.2 Å². The summed E-state index contributed by atoms with van der Waals surface area (Å²) < 4.78 is 10.3. The first-order valence-corrected chi connectivity index (χ1v) is 7.78. The first-order chi connectivity index (χ1) is 11.6. The average Bonchev–Trinajstić information content (AvgIpc) is 3.24. The summed E-state index contributed by atoms with van der Waals surface area (Å²) in [7, 11) is 3.73. The van der Waals surface area contributed by atoms with Crippen molar-refractivity contribution in [2.45, 2.75) is 19.9 Å². The number of carbonyl (C=O) groups is 1. The third kappa shape index (κ3) is 3.37. The molecule has 3 aromatic heterocycles. The van der Waals surface area contributed by atoms with E-state index in [1.807, 2.05) is 37.2 Å². The van der Waals surface area contributed by atoms with Crippen LogP contribution >= 0.6 is 0 Å². The number of aromatic nitrogens is 6. The lowest BCUT2D eigenvalue weighted by atomic mass is 10.2. The highest BCUT2D eigenvalue weighted by Crippen LogP contribution is 2.26. The Balaban J connectivity index is 1.92. The van der Waals surface area contributed by atoms with Crippen molar-refractivity contribution < 1.29 is 9.53 Å². The van der Waals surface area contributed by atoms with Crippen molar-refractivity contribution in [3.05, 3.63) is 30.9 Å². The Morgan fingerprint density at radius 3 is 2.38 bits per heavy atom. The van der Waals surface area contributed by atoms with Gasteiger partial charge in [-0.3, -0.25) is 18.8 Å². The van der Waals surface area contributed by atoms with Crippen molar-refractivity contribution in [1.82, 2.24) is 29.3 Å². The van der Waals surface area contributed by atoms with Gasteiger partial charge in [0.25, 0.3) is 0 Å². The molecular weight excluding hydrogens is 308 g/mol. The molecule has 0 atom stereocenters. The Hall–Kier alpha value is -2.90. The molecule has 0 saturated carbocycles. The Bertz CT molecular complexity index is 845. The molecular formula is C16H20N6O2.